The van der Waals surface area contributed by atoms with Crippen LogP contribution in [-0.2, 0) is 27.3 Å². The zero-order valence-corrected chi connectivity index (χ0v) is 17.3. The van der Waals surface area contributed by atoms with Gasteiger partial charge in [0.25, 0.3) is 0 Å². The van der Waals surface area contributed by atoms with Crippen LogP contribution >= 0.6 is 0 Å². The summed E-state index contributed by atoms with van der Waals surface area (Å²) in [7, 11) is 0. The van der Waals surface area contributed by atoms with E-state index in [4.69, 9.17) is 4.74 Å². The van der Waals surface area contributed by atoms with E-state index in [-0.39, 0.29) is 11.9 Å². The highest BCUT2D eigenvalue weighted by Gasteiger charge is 2.44. The van der Waals surface area contributed by atoms with Gasteiger partial charge < -0.3 is 9.64 Å². The summed E-state index contributed by atoms with van der Waals surface area (Å²) >= 11 is 0. The molecule has 0 spiro atoms. The van der Waals surface area contributed by atoms with Gasteiger partial charge in [-0.2, -0.15) is 5.10 Å². The van der Waals surface area contributed by atoms with E-state index in [0.717, 1.165) is 24.0 Å². The Morgan fingerprint density at radius 1 is 1.28 bits per heavy atom. The van der Waals surface area contributed by atoms with Crippen LogP contribution in [0.15, 0.2) is 36.9 Å². The molecule has 0 N–H and O–H groups in total. The summed E-state index contributed by atoms with van der Waals surface area (Å²) < 4.78 is 7.19. The van der Waals surface area contributed by atoms with Crippen molar-refractivity contribution in [1.29, 1.82) is 0 Å². The number of esters is 1. The van der Waals surface area contributed by atoms with E-state index in [1.54, 1.807) is 11.0 Å². The van der Waals surface area contributed by atoms with Crippen molar-refractivity contribution < 1.29 is 14.3 Å². The van der Waals surface area contributed by atoms with Crippen LogP contribution in [0.2, 0.25) is 0 Å². The molecule has 1 aromatic heterocycles. The molecule has 0 saturated carbocycles. The van der Waals surface area contributed by atoms with Crippen molar-refractivity contribution in [2.45, 2.75) is 52.5 Å². The fourth-order valence-electron chi connectivity index (χ4n) is 4.08. The molecule has 1 aromatic carbocycles. The number of nitrogens with zero attached hydrogens (tertiary/aromatic N) is 4. The predicted molar refractivity (Wildman–Crippen MR) is 109 cm³/mol. The van der Waals surface area contributed by atoms with Gasteiger partial charge >= 0.3 is 5.97 Å². The second kappa shape index (κ2) is 9.67. The molecule has 3 rings (SSSR count). The summed E-state index contributed by atoms with van der Waals surface area (Å²) in [4.78, 5) is 31.6. The lowest BCUT2D eigenvalue weighted by molar-refractivity contribution is -0.160. The van der Waals surface area contributed by atoms with Gasteiger partial charge in [-0.15, -0.1) is 0 Å². The normalized spacial score (nSPS) is 19.2. The molecule has 156 valence electrons. The number of likely N-dealkylation sites (tertiary alicyclic amines) is 1. The van der Waals surface area contributed by atoms with E-state index in [1.807, 2.05) is 24.0 Å². The third-order valence-corrected chi connectivity index (χ3v) is 5.67. The van der Waals surface area contributed by atoms with Gasteiger partial charge in [0, 0.05) is 26.1 Å². The average Bonchev–Trinajstić information content (AvgIpc) is 3.23. The summed E-state index contributed by atoms with van der Waals surface area (Å²) in [6, 6.07) is 8.12. The molecule has 0 radical (unpaired) electrons. The van der Waals surface area contributed by atoms with Crippen LogP contribution in [0.1, 0.15) is 43.7 Å². The monoisotopic (exact) mass is 398 g/mol. The van der Waals surface area contributed by atoms with Crippen molar-refractivity contribution in [2.75, 3.05) is 19.7 Å². The van der Waals surface area contributed by atoms with Crippen molar-refractivity contribution >= 4 is 11.9 Å². The van der Waals surface area contributed by atoms with Crippen molar-refractivity contribution in [3.63, 3.8) is 0 Å². The number of aromatic nitrogens is 3. The Bertz CT molecular complexity index is 821. The summed E-state index contributed by atoms with van der Waals surface area (Å²) in [5.74, 6) is -0.105. The highest BCUT2D eigenvalue weighted by Crippen LogP contribution is 2.36. The number of aryl methyl sites for hydroxylation is 2. The minimum atomic E-state index is -0.679. The highest BCUT2D eigenvalue weighted by atomic mass is 16.5. The number of hydrogen-bond donors (Lipinski definition) is 0. The van der Waals surface area contributed by atoms with Gasteiger partial charge in [0.2, 0.25) is 5.91 Å². The standard InChI is InChI=1S/C22H30N4O3/c1-3-29-21(28)22(14-19-9-5-4-8-18(19)2)11-7-12-25(15-22)20(27)10-6-13-26-17-23-16-24-26/h4-5,8-9,16-17H,3,6-7,10-15H2,1-2H3. The van der Waals surface area contributed by atoms with Crippen molar-refractivity contribution in [1.82, 2.24) is 19.7 Å². The van der Waals surface area contributed by atoms with Crippen LogP contribution in [0.25, 0.3) is 0 Å². The Morgan fingerprint density at radius 2 is 2.10 bits per heavy atom. The first-order valence-electron chi connectivity index (χ1n) is 10.4. The van der Waals surface area contributed by atoms with Crippen LogP contribution in [0.5, 0.6) is 0 Å². The van der Waals surface area contributed by atoms with E-state index in [9.17, 15) is 9.59 Å². The van der Waals surface area contributed by atoms with E-state index in [0.29, 0.717) is 45.5 Å². The number of carbonyl (C=O) groups excluding carboxylic acids is 2. The maximum Gasteiger partial charge on any atom is 0.314 e. The van der Waals surface area contributed by atoms with E-state index in [2.05, 4.69) is 29.1 Å². The van der Waals surface area contributed by atoms with Crippen LogP contribution < -0.4 is 0 Å². The molecule has 2 aromatic rings. The van der Waals surface area contributed by atoms with Crippen molar-refractivity contribution in [3.8, 4) is 0 Å². The van der Waals surface area contributed by atoms with Gasteiger partial charge in [0.1, 0.15) is 12.7 Å². The van der Waals surface area contributed by atoms with Crippen molar-refractivity contribution in [3.05, 3.63) is 48.0 Å². The average molecular weight is 399 g/mol. The lowest BCUT2D eigenvalue weighted by Crippen LogP contribution is -2.51. The van der Waals surface area contributed by atoms with E-state index < -0.39 is 5.41 Å². The highest BCUT2D eigenvalue weighted by molar-refractivity contribution is 5.81. The molecular weight excluding hydrogens is 368 g/mol. The Labute approximate surface area is 172 Å². The maximum absolute atomic E-state index is 13.0. The summed E-state index contributed by atoms with van der Waals surface area (Å²) in [6.07, 6.45) is 6.42. The summed E-state index contributed by atoms with van der Waals surface area (Å²) in [5, 5.41) is 4.07. The third-order valence-electron chi connectivity index (χ3n) is 5.67. The van der Waals surface area contributed by atoms with Gasteiger partial charge in [0.15, 0.2) is 0 Å². The Kier molecular flexibility index (Phi) is 7.01. The predicted octanol–water partition coefficient (Wildman–Crippen LogP) is 2.78. The smallest absolute Gasteiger partial charge is 0.314 e. The SMILES string of the molecule is CCOC(=O)C1(Cc2ccccc2C)CCCN(C(=O)CCCn2cncn2)C1. The van der Waals surface area contributed by atoms with E-state index >= 15 is 0 Å². The Balaban J connectivity index is 1.70. The molecule has 7 heteroatoms. The number of ether oxygens (including phenoxy) is 1. The minimum Gasteiger partial charge on any atom is -0.466 e. The molecule has 29 heavy (non-hydrogen) atoms. The zero-order chi connectivity index (χ0) is 20.7. The van der Waals surface area contributed by atoms with E-state index in [1.165, 1.54) is 6.33 Å². The second-order valence-electron chi connectivity index (χ2n) is 7.79. The van der Waals surface area contributed by atoms with Crippen molar-refractivity contribution in [2.24, 2.45) is 5.41 Å². The first-order valence-corrected chi connectivity index (χ1v) is 10.4. The summed E-state index contributed by atoms with van der Waals surface area (Å²) in [6.45, 7) is 6.00. The molecular formula is C22H30N4O3. The maximum atomic E-state index is 13.0. The van der Waals surface area contributed by atoms with Gasteiger partial charge in [0.05, 0.1) is 12.0 Å². The van der Waals surface area contributed by atoms with Crippen LogP contribution in [0.4, 0.5) is 0 Å². The molecule has 1 aliphatic heterocycles. The van der Waals surface area contributed by atoms with Gasteiger partial charge in [-0.1, -0.05) is 24.3 Å². The Hall–Kier alpha value is -2.70. The topological polar surface area (TPSA) is 77.3 Å². The number of benzene rings is 1. The fourth-order valence-corrected chi connectivity index (χ4v) is 4.08. The molecule has 1 amide bonds. The first kappa shape index (κ1) is 21.0. The fraction of sp³-hybridized carbons (Fsp3) is 0.545. The molecule has 1 aliphatic rings. The number of carbonyl (C=O) groups is 2. The Morgan fingerprint density at radius 3 is 2.83 bits per heavy atom. The third kappa shape index (κ3) is 5.22. The zero-order valence-electron chi connectivity index (χ0n) is 17.3. The van der Waals surface area contributed by atoms with Gasteiger partial charge in [-0.05, 0) is 50.7 Å². The molecule has 7 nitrogen and oxygen atoms in total. The minimum absolute atomic E-state index is 0.0864. The molecule has 1 fully saturated rings. The number of amides is 1. The largest absolute Gasteiger partial charge is 0.466 e. The molecule has 1 unspecified atom stereocenters. The number of rotatable bonds is 8. The molecule has 1 saturated heterocycles. The second-order valence-corrected chi connectivity index (χ2v) is 7.79. The molecule has 2 heterocycles. The van der Waals surface area contributed by atoms with Gasteiger partial charge in [-0.25, -0.2) is 4.98 Å². The van der Waals surface area contributed by atoms with Crippen LogP contribution in [0.3, 0.4) is 0 Å². The quantitative estimate of drug-likeness (QED) is 0.639. The molecule has 0 aliphatic carbocycles. The molecule has 0 bridgehead atoms. The lowest BCUT2D eigenvalue weighted by atomic mass is 9.74. The first-order chi connectivity index (χ1) is 14.0. The van der Waals surface area contributed by atoms with Crippen LogP contribution in [-0.4, -0.2) is 51.2 Å². The lowest BCUT2D eigenvalue weighted by Gasteiger charge is -2.41. The number of hydrogen-bond acceptors (Lipinski definition) is 5. The van der Waals surface area contributed by atoms with Crippen LogP contribution in [0, 0.1) is 12.3 Å². The molecule has 1 atom stereocenters. The summed E-state index contributed by atoms with van der Waals surface area (Å²) in [5.41, 5.74) is 1.62. The number of piperidine rings is 1. The van der Waals surface area contributed by atoms with Gasteiger partial charge in [-0.3, -0.25) is 14.3 Å².